The van der Waals surface area contributed by atoms with Crippen LogP contribution in [-0.4, -0.2) is 32.0 Å². The number of hydrogen-bond acceptors (Lipinski definition) is 6. The van der Waals surface area contributed by atoms with Gasteiger partial charge in [0.2, 0.25) is 5.16 Å². The zero-order valence-corrected chi connectivity index (χ0v) is 13.0. The molecule has 0 atom stereocenters. The second-order valence-electron chi connectivity index (χ2n) is 4.99. The van der Waals surface area contributed by atoms with E-state index in [2.05, 4.69) is 15.2 Å². The number of rotatable bonds is 5. The van der Waals surface area contributed by atoms with Crippen LogP contribution in [0.2, 0.25) is 0 Å². The van der Waals surface area contributed by atoms with Crippen LogP contribution in [0.15, 0.2) is 56.7 Å². The number of nitrogens with one attached hydrogen (secondary N) is 1. The lowest BCUT2D eigenvalue weighted by atomic mass is 10.1. The first-order valence-corrected chi connectivity index (χ1v) is 8.02. The van der Waals surface area contributed by atoms with Crippen LogP contribution >= 0.6 is 11.8 Å². The summed E-state index contributed by atoms with van der Waals surface area (Å²) in [7, 11) is 0. The molecule has 0 saturated carbocycles. The number of aromatic amines is 1. The number of nitrogens with zero attached hydrogens (tertiary/aromatic N) is 2. The van der Waals surface area contributed by atoms with Crippen LogP contribution in [0.3, 0.4) is 0 Å². The molecule has 1 aromatic carbocycles. The third kappa shape index (κ3) is 2.79. The standard InChI is InChI=1S/C16H11N3O4S/c20-14(21)8-24-16-17-15(18-19-16)13-4-3-12(23-13)9-1-2-11-10(7-9)5-6-22-11/h1-7H,8H2,(H,20,21)(H,17,18,19). The molecule has 0 bridgehead atoms. The molecule has 4 aromatic rings. The molecule has 24 heavy (non-hydrogen) atoms. The van der Waals surface area contributed by atoms with Crippen molar-refractivity contribution in [2.24, 2.45) is 0 Å². The van der Waals surface area contributed by atoms with Gasteiger partial charge in [0.15, 0.2) is 11.6 Å². The molecule has 120 valence electrons. The number of aliphatic carboxylic acids is 1. The van der Waals surface area contributed by atoms with Gasteiger partial charge in [-0.25, -0.2) is 0 Å². The summed E-state index contributed by atoms with van der Waals surface area (Å²) in [5.41, 5.74) is 1.75. The van der Waals surface area contributed by atoms with E-state index in [9.17, 15) is 4.79 Å². The van der Waals surface area contributed by atoms with Gasteiger partial charge in [-0.15, -0.1) is 5.10 Å². The van der Waals surface area contributed by atoms with Crippen molar-refractivity contribution in [3.8, 4) is 22.9 Å². The number of thioether (sulfide) groups is 1. The van der Waals surface area contributed by atoms with Crippen LogP contribution in [0.5, 0.6) is 0 Å². The van der Waals surface area contributed by atoms with Gasteiger partial charge >= 0.3 is 5.97 Å². The van der Waals surface area contributed by atoms with E-state index >= 15 is 0 Å². The fourth-order valence-electron chi connectivity index (χ4n) is 2.29. The van der Waals surface area contributed by atoms with Crippen LogP contribution < -0.4 is 0 Å². The first-order valence-electron chi connectivity index (χ1n) is 7.04. The normalized spacial score (nSPS) is 11.2. The first kappa shape index (κ1) is 14.6. The van der Waals surface area contributed by atoms with Crippen molar-refractivity contribution in [3.05, 3.63) is 42.7 Å². The summed E-state index contributed by atoms with van der Waals surface area (Å²) in [6, 6.07) is 11.3. The van der Waals surface area contributed by atoms with E-state index < -0.39 is 5.97 Å². The van der Waals surface area contributed by atoms with E-state index in [-0.39, 0.29) is 5.75 Å². The molecular formula is C16H11N3O4S. The van der Waals surface area contributed by atoms with Crippen molar-refractivity contribution < 1.29 is 18.7 Å². The average molecular weight is 341 g/mol. The predicted molar refractivity (Wildman–Crippen MR) is 87.7 cm³/mol. The highest BCUT2D eigenvalue weighted by Crippen LogP contribution is 2.30. The van der Waals surface area contributed by atoms with Gasteiger partial charge in [0.1, 0.15) is 11.3 Å². The summed E-state index contributed by atoms with van der Waals surface area (Å²) in [4.78, 5) is 14.8. The molecule has 0 aliphatic rings. The van der Waals surface area contributed by atoms with Gasteiger partial charge in [-0.2, -0.15) is 4.98 Å². The van der Waals surface area contributed by atoms with Gasteiger partial charge in [0, 0.05) is 10.9 Å². The number of carboxylic acid groups (broad SMARTS) is 1. The molecule has 0 aliphatic heterocycles. The van der Waals surface area contributed by atoms with Crippen LogP contribution in [0.25, 0.3) is 33.9 Å². The number of furan rings is 2. The fraction of sp³-hybridized carbons (Fsp3) is 0.0625. The second-order valence-corrected chi connectivity index (χ2v) is 5.93. The third-order valence-corrected chi connectivity index (χ3v) is 4.20. The van der Waals surface area contributed by atoms with Crippen molar-refractivity contribution in [2.75, 3.05) is 5.75 Å². The molecule has 0 saturated heterocycles. The van der Waals surface area contributed by atoms with Crippen LogP contribution in [0.1, 0.15) is 0 Å². The molecule has 8 heteroatoms. The van der Waals surface area contributed by atoms with Crippen molar-refractivity contribution in [3.63, 3.8) is 0 Å². The van der Waals surface area contributed by atoms with E-state index in [1.165, 1.54) is 0 Å². The third-order valence-electron chi connectivity index (χ3n) is 3.37. The van der Waals surface area contributed by atoms with E-state index in [0.29, 0.717) is 22.5 Å². The first-order chi connectivity index (χ1) is 11.7. The van der Waals surface area contributed by atoms with Crippen molar-refractivity contribution in [1.82, 2.24) is 15.2 Å². The van der Waals surface area contributed by atoms with E-state index in [1.807, 2.05) is 30.3 Å². The molecule has 0 unspecified atom stereocenters. The van der Waals surface area contributed by atoms with E-state index in [0.717, 1.165) is 28.3 Å². The minimum atomic E-state index is -0.915. The second kappa shape index (κ2) is 5.89. The van der Waals surface area contributed by atoms with Crippen LogP contribution in [0.4, 0.5) is 0 Å². The molecule has 4 rings (SSSR count). The topological polar surface area (TPSA) is 105 Å². The molecule has 3 heterocycles. The Morgan fingerprint density at radius 3 is 2.96 bits per heavy atom. The predicted octanol–water partition coefficient (Wildman–Crippen LogP) is 3.65. The highest BCUT2D eigenvalue weighted by molar-refractivity contribution is 7.99. The van der Waals surface area contributed by atoms with Crippen molar-refractivity contribution in [2.45, 2.75) is 5.16 Å². The largest absolute Gasteiger partial charge is 0.481 e. The Morgan fingerprint density at radius 2 is 2.08 bits per heavy atom. The maximum absolute atomic E-state index is 10.6. The maximum atomic E-state index is 10.6. The number of carbonyl (C=O) groups is 1. The van der Waals surface area contributed by atoms with Gasteiger partial charge in [-0.05, 0) is 36.4 Å². The monoisotopic (exact) mass is 341 g/mol. The SMILES string of the molecule is O=C(O)CSc1n[nH]c(-c2ccc(-c3ccc4occc4c3)o2)n1. The van der Waals surface area contributed by atoms with Gasteiger partial charge in [0.05, 0.1) is 12.0 Å². The summed E-state index contributed by atoms with van der Waals surface area (Å²) in [5, 5.41) is 16.8. The number of aromatic nitrogens is 3. The molecule has 7 nitrogen and oxygen atoms in total. The number of hydrogen-bond donors (Lipinski definition) is 2. The molecule has 0 spiro atoms. The summed E-state index contributed by atoms with van der Waals surface area (Å²) in [6.45, 7) is 0. The Bertz CT molecular complexity index is 1020. The summed E-state index contributed by atoms with van der Waals surface area (Å²) in [6.07, 6.45) is 1.65. The highest BCUT2D eigenvalue weighted by atomic mass is 32.2. The van der Waals surface area contributed by atoms with Gasteiger partial charge < -0.3 is 13.9 Å². The van der Waals surface area contributed by atoms with Gasteiger partial charge in [-0.3, -0.25) is 9.89 Å². The van der Waals surface area contributed by atoms with Gasteiger partial charge in [-0.1, -0.05) is 11.8 Å². The lowest BCUT2D eigenvalue weighted by Gasteiger charge is -1.97. The lowest BCUT2D eigenvalue weighted by Crippen LogP contribution is -1.97. The number of fused-ring (bicyclic) bond motifs is 1. The Hall–Kier alpha value is -3.00. The lowest BCUT2D eigenvalue weighted by molar-refractivity contribution is -0.133. The van der Waals surface area contributed by atoms with Crippen molar-refractivity contribution in [1.29, 1.82) is 0 Å². The smallest absolute Gasteiger partial charge is 0.313 e. The fourth-order valence-corrected chi connectivity index (χ4v) is 2.81. The number of H-pyrrole nitrogens is 1. The van der Waals surface area contributed by atoms with Crippen molar-refractivity contribution >= 4 is 28.7 Å². The summed E-state index contributed by atoms with van der Waals surface area (Å²) in [5.74, 6) is 0.682. The Balaban J connectivity index is 1.59. The molecule has 0 aliphatic carbocycles. The Kier molecular flexibility index (Phi) is 3.58. The summed E-state index contributed by atoms with van der Waals surface area (Å²) < 4.78 is 11.2. The average Bonchev–Trinajstić information content (AvgIpc) is 3.30. The summed E-state index contributed by atoms with van der Waals surface area (Å²) >= 11 is 1.04. The molecule has 0 radical (unpaired) electrons. The Morgan fingerprint density at radius 1 is 1.21 bits per heavy atom. The maximum Gasteiger partial charge on any atom is 0.313 e. The number of benzene rings is 1. The van der Waals surface area contributed by atoms with Gasteiger partial charge in [0.25, 0.3) is 0 Å². The number of carboxylic acids is 1. The minimum Gasteiger partial charge on any atom is -0.481 e. The van der Waals surface area contributed by atoms with Crippen LogP contribution in [0, 0.1) is 0 Å². The molecule has 0 amide bonds. The zero-order valence-electron chi connectivity index (χ0n) is 12.2. The highest BCUT2D eigenvalue weighted by Gasteiger charge is 2.13. The molecular weight excluding hydrogens is 330 g/mol. The van der Waals surface area contributed by atoms with E-state index in [1.54, 1.807) is 12.3 Å². The van der Waals surface area contributed by atoms with Crippen LogP contribution in [-0.2, 0) is 4.79 Å². The van der Waals surface area contributed by atoms with E-state index in [4.69, 9.17) is 13.9 Å². The minimum absolute atomic E-state index is 0.0919. The molecule has 0 fully saturated rings. The zero-order chi connectivity index (χ0) is 16.5. The molecule has 3 aromatic heterocycles. The molecule has 2 N–H and O–H groups in total. The Labute approximate surface area is 139 Å². The quantitative estimate of drug-likeness (QED) is 0.534.